The van der Waals surface area contributed by atoms with E-state index in [9.17, 15) is 8.42 Å². The highest BCUT2D eigenvalue weighted by atomic mass is 32.2. The Bertz CT molecular complexity index is 566. The summed E-state index contributed by atoms with van der Waals surface area (Å²) in [5.41, 5.74) is 0.531. The molecule has 7 heteroatoms. The monoisotopic (exact) mass is 289 g/mol. The molecule has 0 spiro atoms. The lowest BCUT2D eigenvalue weighted by atomic mass is 10.2. The second kappa shape index (κ2) is 5.66. The van der Waals surface area contributed by atoms with Crippen LogP contribution in [-0.2, 0) is 10.0 Å². The molecular weight excluding hydrogens is 270 g/mol. The van der Waals surface area contributed by atoms with Crippen LogP contribution in [0.1, 0.15) is 5.56 Å². The topological polar surface area (TPSA) is 65.1 Å². The fraction of sp³-hybridized carbons (Fsp3) is 0.500. The fourth-order valence-corrected chi connectivity index (χ4v) is 3.00. The molecule has 19 heavy (non-hydrogen) atoms. The summed E-state index contributed by atoms with van der Waals surface area (Å²) in [5.74, 6) is 0.832. The van der Waals surface area contributed by atoms with Crippen molar-refractivity contribution in [3.63, 3.8) is 0 Å². The maximum atomic E-state index is 12.3. The molecule has 0 N–H and O–H groups in total. The molecule has 0 fully saturated rings. The predicted molar refractivity (Wildman–Crippen MR) is 71.7 cm³/mol. The van der Waals surface area contributed by atoms with Crippen molar-refractivity contribution in [2.45, 2.75) is 11.8 Å². The first-order valence-corrected chi connectivity index (χ1v) is 6.97. The molecule has 0 aromatic heterocycles. The van der Waals surface area contributed by atoms with E-state index in [1.54, 1.807) is 13.0 Å². The molecular formula is C12H19NO5S. The lowest BCUT2D eigenvalue weighted by Gasteiger charge is -2.20. The number of hydrogen-bond donors (Lipinski definition) is 0. The number of nitrogens with zero attached hydrogens (tertiary/aromatic N) is 1. The van der Waals surface area contributed by atoms with Crippen LogP contribution in [0.4, 0.5) is 0 Å². The predicted octanol–water partition coefficient (Wildman–Crippen LogP) is 1.27. The van der Waals surface area contributed by atoms with Crippen LogP contribution in [0.15, 0.2) is 11.0 Å². The van der Waals surface area contributed by atoms with Crippen LogP contribution >= 0.6 is 0 Å². The van der Waals surface area contributed by atoms with E-state index in [-0.39, 0.29) is 16.4 Å². The Morgan fingerprint density at radius 3 is 1.89 bits per heavy atom. The molecule has 6 nitrogen and oxygen atoms in total. The first kappa shape index (κ1) is 15.6. The molecule has 1 aromatic rings. The van der Waals surface area contributed by atoms with Gasteiger partial charge in [-0.15, -0.1) is 0 Å². The number of rotatable bonds is 5. The molecule has 0 heterocycles. The maximum Gasteiger partial charge on any atom is 0.246 e. The van der Waals surface area contributed by atoms with Crippen LogP contribution in [0.2, 0.25) is 0 Å². The van der Waals surface area contributed by atoms with E-state index in [0.29, 0.717) is 11.3 Å². The van der Waals surface area contributed by atoms with Crippen molar-refractivity contribution < 1.29 is 22.6 Å². The molecule has 1 aromatic carbocycles. The average Bonchev–Trinajstić information content (AvgIpc) is 2.36. The summed E-state index contributed by atoms with van der Waals surface area (Å²) in [6.45, 7) is 1.68. The second-order valence-corrected chi connectivity index (χ2v) is 6.17. The molecule has 0 saturated heterocycles. The highest BCUT2D eigenvalue weighted by Crippen LogP contribution is 2.44. The van der Waals surface area contributed by atoms with Crippen LogP contribution in [-0.4, -0.2) is 48.1 Å². The summed E-state index contributed by atoms with van der Waals surface area (Å²) in [5, 5.41) is 0. The molecule has 0 aliphatic heterocycles. The summed E-state index contributed by atoms with van der Waals surface area (Å²) >= 11 is 0. The van der Waals surface area contributed by atoms with Crippen LogP contribution in [0, 0.1) is 6.92 Å². The van der Waals surface area contributed by atoms with Gasteiger partial charge in [0.1, 0.15) is 4.90 Å². The molecule has 0 unspecified atom stereocenters. The summed E-state index contributed by atoms with van der Waals surface area (Å²) in [6.07, 6.45) is 0. The minimum Gasteiger partial charge on any atom is -0.493 e. The molecule has 108 valence electrons. The van der Waals surface area contributed by atoms with Crippen molar-refractivity contribution in [1.29, 1.82) is 0 Å². The molecule has 0 radical (unpaired) electrons. The standard InChI is InChI=1S/C12H19NO5S/c1-8-7-9(16-4)10(17-5)11(18-6)12(8)19(14,15)13(2)3/h7H,1-6H3. The maximum absolute atomic E-state index is 12.3. The average molecular weight is 289 g/mol. The van der Waals surface area contributed by atoms with Gasteiger partial charge in [0.2, 0.25) is 15.8 Å². The van der Waals surface area contributed by atoms with Crippen LogP contribution in [0.5, 0.6) is 17.2 Å². The van der Waals surface area contributed by atoms with E-state index in [4.69, 9.17) is 14.2 Å². The van der Waals surface area contributed by atoms with E-state index in [1.807, 2.05) is 0 Å². The van der Waals surface area contributed by atoms with Gasteiger partial charge in [-0.3, -0.25) is 0 Å². The van der Waals surface area contributed by atoms with Crippen LogP contribution < -0.4 is 14.2 Å². The van der Waals surface area contributed by atoms with Crippen molar-refractivity contribution in [3.8, 4) is 17.2 Å². The van der Waals surface area contributed by atoms with E-state index < -0.39 is 10.0 Å². The van der Waals surface area contributed by atoms with Gasteiger partial charge in [-0.2, -0.15) is 0 Å². The Balaban J connectivity index is 3.75. The lowest BCUT2D eigenvalue weighted by molar-refractivity contribution is 0.317. The normalized spacial score (nSPS) is 11.5. The van der Waals surface area contributed by atoms with Gasteiger partial charge < -0.3 is 14.2 Å². The zero-order valence-electron chi connectivity index (χ0n) is 12.0. The largest absolute Gasteiger partial charge is 0.493 e. The Morgan fingerprint density at radius 1 is 1.00 bits per heavy atom. The van der Waals surface area contributed by atoms with Crippen molar-refractivity contribution in [2.24, 2.45) is 0 Å². The van der Waals surface area contributed by atoms with E-state index in [1.165, 1.54) is 35.4 Å². The Hall–Kier alpha value is -1.47. The van der Waals surface area contributed by atoms with Crippen molar-refractivity contribution in [2.75, 3.05) is 35.4 Å². The number of sulfonamides is 1. The number of hydrogen-bond acceptors (Lipinski definition) is 5. The summed E-state index contributed by atoms with van der Waals surface area (Å²) in [4.78, 5) is 0.0812. The van der Waals surface area contributed by atoms with E-state index >= 15 is 0 Å². The van der Waals surface area contributed by atoms with Gasteiger partial charge in [-0.1, -0.05) is 0 Å². The lowest BCUT2D eigenvalue weighted by Crippen LogP contribution is -2.24. The second-order valence-electron chi connectivity index (χ2n) is 4.08. The van der Waals surface area contributed by atoms with E-state index in [0.717, 1.165) is 4.31 Å². The highest BCUT2D eigenvalue weighted by Gasteiger charge is 2.29. The zero-order valence-corrected chi connectivity index (χ0v) is 12.8. The summed E-state index contributed by atoms with van der Waals surface area (Å²) in [6, 6.07) is 1.61. The van der Waals surface area contributed by atoms with Crippen molar-refractivity contribution in [3.05, 3.63) is 11.6 Å². The van der Waals surface area contributed by atoms with Gasteiger partial charge >= 0.3 is 0 Å². The van der Waals surface area contributed by atoms with Gasteiger partial charge in [0.15, 0.2) is 11.5 Å². The Kier molecular flexibility index (Phi) is 4.65. The SMILES string of the molecule is COc1cc(C)c(S(=O)(=O)N(C)C)c(OC)c1OC. The first-order valence-electron chi connectivity index (χ1n) is 5.53. The third-order valence-electron chi connectivity index (χ3n) is 2.71. The van der Waals surface area contributed by atoms with Crippen molar-refractivity contribution >= 4 is 10.0 Å². The first-order chi connectivity index (χ1) is 8.81. The summed E-state index contributed by atoms with van der Waals surface area (Å²) < 4.78 is 41.4. The molecule has 0 aliphatic rings. The molecule has 0 saturated carbocycles. The van der Waals surface area contributed by atoms with Crippen LogP contribution in [0.25, 0.3) is 0 Å². The number of aryl methyl sites for hydroxylation is 1. The number of benzene rings is 1. The minimum absolute atomic E-state index is 0.0812. The van der Waals surface area contributed by atoms with Gasteiger partial charge in [0.05, 0.1) is 21.3 Å². The molecule has 0 aliphatic carbocycles. The van der Waals surface area contributed by atoms with Gasteiger partial charge in [0, 0.05) is 14.1 Å². The van der Waals surface area contributed by atoms with Gasteiger partial charge in [0.25, 0.3) is 0 Å². The third-order valence-corrected chi connectivity index (χ3v) is 4.69. The molecule has 0 amide bonds. The Morgan fingerprint density at radius 2 is 1.53 bits per heavy atom. The number of ether oxygens (including phenoxy) is 3. The van der Waals surface area contributed by atoms with Crippen molar-refractivity contribution in [1.82, 2.24) is 4.31 Å². The number of methoxy groups -OCH3 is 3. The summed E-state index contributed by atoms with van der Waals surface area (Å²) in [7, 11) is 3.60. The molecule has 0 atom stereocenters. The van der Waals surface area contributed by atoms with Gasteiger partial charge in [-0.05, 0) is 18.6 Å². The van der Waals surface area contributed by atoms with E-state index in [2.05, 4.69) is 0 Å². The van der Waals surface area contributed by atoms with Gasteiger partial charge in [-0.25, -0.2) is 12.7 Å². The smallest absolute Gasteiger partial charge is 0.246 e. The molecule has 0 bridgehead atoms. The zero-order chi connectivity index (χ0) is 14.8. The highest BCUT2D eigenvalue weighted by molar-refractivity contribution is 7.89. The minimum atomic E-state index is -3.64. The third kappa shape index (κ3) is 2.62. The fourth-order valence-electron chi connectivity index (χ4n) is 1.76. The Labute approximate surface area is 113 Å². The quantitative estimate of drug-likeness (QED) is 0.817. The van der Waals surface area contributed by atoms with Crippen LogP contribution in [0.3, 0.4) is 0 Å². The molecule has 1 rings (SSSR count).